The summed E-state index contributed by atoms with van der Waals surface area (Å²) in [6, 6.07) is 5.72. The van der Waals surface area contributed by atoms with Gasteiger partial charge in [0.15, 0.2) is 0 Å². The van der Waals surface area contributed by atoms with Crippen molar-refractivity contribution in [3.8, 4) is 0 Å². The molecule has 2 aliphatic heterocycles. The van der Waals surface area contributed by atoms with Gasteiger partial charge in [-0.15, -0.1) is 0 Å². The van der Waals surface area contributed by atoms with E-state index in [1.165, 1.54) is 0 Å². The molecule has 0 unspecified atom stereocenters. The quantitative estimate of drug-likeness (QED) is 0.801. The van der Waals surface area contributed by atoms with Crippen LogP contribution in [0.3, 0.4) is 0 Å². The Bertz CT molecular complexity index is 667. The molecule has 2 amide bonds. The topological polar surface area (TPSA) is 64.7 Å². The Kier molecular flexibility index (Phi) is 5.34. The first-order chi connectivity index (χ1) is 12.0. The molecule has 7 heteroatoms. The molecule has 0 saturated carbocycles. The fourth-order valence-electron chi connectivity index (χ4n) is 3.60. The van der Waals surface area contributed by atoms with E-state index in [0.717, 1.165) is 49.2 Å². The standard InChI is InChI=1S/C18H25BrN4O2/c1-3-23(4-2)16(24)12-22-9-7-18(8-10-22)20-15-6-5-13(19)11-14(15)17(25)21-18/h5-6,11,20H,3-4,7-10,12H2,1-2H3,(H,21,25). The van der Waals surface area contributed by atoms with Crippen molar-refractivity contribution in [1.29, 1.82) is 0 Å². The highest BCUT2D eigenvalue weighted by Crippen LogP contribution is 2.32. The average Bonchev–Trinajstić information content (AvgIpc) is 2.59. The van der Waals surface area contributed by atoms with Gasteiger partial charge >= 0.3 is 0 Å². The molecule has 2 N–H and O–H groups in total. The number of nitrogens with zero attached hydrogens (tertiary/aromatic N) is 2. The van der Waals surface area contributed by atoms with Crippen molar-refractivity contribution in [2.45, 2.75) is 32.4 Å². The molecule has 6 nitrogen and oxygen atoms in total. The maximum Gasteiger partial charge on any atom is 0.255 e. The highest BCUT2D eigenvalue weighted by Gasteiger charge is 2.40. The molecule has 0 bridgehead atoms. The van der Waals surface area contributed by atoms with E-state index in [9.17, 15) is 9.59 Å². The molecule has 1 spiro atoms. The van der Waals surface area contributed by atoms with E-state index in [-0.39, 0.29) is 11.8 Å². The second-order valence-corrected chi connectivity index (χ2v) is 7.61. The van der Waals surface area contributed by atoms with Crippen molar-refractivity contribution in [2.24, 2.45) is 0 Å². The van der Waals surface area contributed by atoms with E-state index < -0.39 is 5.66 Å². The normalized spacial score (nSPS) is 19.1. The molecule has 136 valence electrons. The smallest absolute Gasteiger partial charge is 0.255 e. The number of anilines is 1. The third kappa shape index (κ3) is 3.82. The lowest BCUT2D eigenvalue weighted by molar-refractivity contribution is -0.132. The summed E-state index contributed by atoms with van der Waals surface area (Å²) in [7, 11) is 0. The van der Waals surface area contributed by atoms with Gasteiger partial charge in [0.1, 0.15) is 5.66 Å². The Hall–Kier alpha value is -1.60. The lowest BCUT2D eigenvalue weighted by Gasteiger charge is -2.46. The number of nitrogens with one attached hydrogen (secondary N) is 2. The van der Waals surface area contributed by atoms with Crippen molar-refractivity contribution in [1.82, 2.24) is 15.1 Å². The van der Waals surface area contributed by atoms with Crippen molar-refractivity contribution >= 4 is 33.4 Å². The number of carbonyl (C=O) groups excluding carboxylic acids is 2. The number of carbonyl (C=O) groups is 2. The van der Waals surface area contributed by atoms with Crippen LogP contribution in [0.1, 0.15) is 37.0 Å². The fraction of sp³-hybridized carbons (Fsp3) is 0.556. The van der Waals surface area contributed by atoms with Gasteiger partial charge in [0.2, 0.25) is 5.91 Å². The van der Waals surface area contributed by atoms with Crippen LogP contribution in [0, 0.1) is 0 Å². The summed E-state index contributed by atoms with van der Waals surface area (Å²) in [6.45, 7) is 7.52. The van der Waals surface area contributed by atoms with Gasteiger partial charge in [-0.05, 0) is 32.0 Å². The molecular formula is C18H25BrN4O2. The van der Waals surface area contributed by atoms with Crippen LogP contribution in [0.4, 0.5) is 5.69 Å². The summed E-state index contributed by atoms with van der Waals surface area (Å²) in [5.41, 5.74) is 1.13. The molecule has 0 atom stereocenters. The minimum Gasteiger partial charge on any atom is -0.362 e. The van der Waals surface area contributed by atoms with Gasteiger partial charge in [-0.25, -0.2) is 0 Å². The van der Waals surface area contributed by atoms with Crippen molar-refractivity contribution < 1.29 is 9.59 Å². The zero-order valence-corrected chi connectivity index (χ0v) is 16.4. The first kappa shape index (κ1) is 18.2. The third-order valence-corrected chi connectivity index (χ3v) is 5.63. The highest BCUT2D eigenvalue weighted by atomic mass is 79.9. The van der Waals surface area contributed by atoms with Gasteiger partial charge in [0.05, 0.1) is 12.1 Å². The van der Waals surface area contributed by atoms with Crippen molar-refractivity contribution in [3.05, 3.63) is 28.2 Å². The summed E-state index contributed by atoms with van der Waals surface area (Å²) in [5.74, 6) is 0.138. The molecule has 0 aliphatic carbocycles. The van der Waals surface area contributed by atoms with Crippen LogP contribution in [-0.2, 0) is 4.79 Å². The first-order valence-electron chi connectivity index (χ1n) is 8.86. The number of halogens is 1. The molecule has 1 aromatic rings. The Morgan fingerprint density at radius 3 is 2.56 bits per heavy atom. The largest absolute Gasteiger partial charge is 0.362 e. The van der Waals surface area contributed by atoms with Gasteiger partial charge in [0.25, 0.3) is 5.91 Å². The molecule has 0 aromatic heterocycles. The van der Waals surface area contributed by atoms with Gasteiger partial charge in [0, 0.05) is 49.2 Å². The first-order valence-corrected chi connectivity index (χ1v) is 9.66. The number of benzene rings is 1. The van der Waals surface area contributed by atoms with E-state index in [4.69, 9.17) is 0 Å². The van der Waals surface area contributed by atoms with Crippen LogP contribution < -0.4 is 10.6 Å². The van der Waals surface area contributed by atoms with Gasteiger partial charge in [-0.2, -0.15) is 0 Å². The molecule has 3 rings (SSSR count). The second kappa shape index (κ2) is 7.33. The summed E-state index contributed by atoms with van der Waals surface area (Å²) < 4.78 is 0.892. The SMILES string of the molecule is CCN(CC)C(=O)CN1CCC2(CC1)NC(=O)c1cc(Br)ccc1N2. The van der Waals surface area contributed by atoms with Crippen LogP contribution in [0.15, 0.2) is 22.7 Å². The molecule has 1 fully saturated rings. The maximum atomic E-state index is 12.5. The average molecular weight is 409 g/mol. The predicted octanol–water partition coefficient (Wildman–Crippen LogP) is 2.26. The van der Waals surface area contributed by atoms with Gasteiger partial charge < -0.3 is 15.5 Å². The molecule has 2 aliphatic rings. The number of likely N-dealkylation sites (tertiary alicyclic amines) is 1. The van der Waals surface area contributed by atoms with Crippen LogP contribution in [0.25, 0.3) is 0 Å². The number of fused-ring (bicyclic) bond motifs is 1. The summed E-state index contributed by atoms with van der Waals surface area (Å²) in [5, 5.41) is 6.66. The Morgan fingerprint density at radius 2 is 1.92 bits per heavy atom. The molecule has 25 heavy (non-hydrogen) atoms. The Labute approximate surface area is 157 Å². The molecule has 1 aromatic carbocycles. The van der Waals surface area contributed by atoms with Crippen LogP contribution in [0.5, 0.6) is 0 Å². The Balaban J connectivity index is 1.63. The molecule has 0 radical (unpaired) electrons. The second-order valence-electron chi connectivity index (χ2n) is 6.69. The third-order valence-electron chi connectivity index (χ3n) is 5.14. The van der Waals surface area contributed by atoms with E-state index in [0.29, 0.717) is 12.1 Å². The summed E-state index contributed by atoms with van der Waals surface area (Å²) in [4.78, 5) is 28.8. The molecular weight excluding hydrogens is 384 g/mol. The van der Waals surface area contributed by atoms with Gasteiger partial charge in [-0.1, -0.05) is 15.9 Å². The predicted molar refractivity (Wildman–Crippen MR) is 102 cm³/mol. The van der Waals surface area contributed by atoms with E-state index in [1.807, 2.05) is 36.9 Å². The van der Waals surface area contributed by atoms with Crippen LogP contribution in [-0.4, -0.2) is 60.0 Å². The lowest BCUT2D eigenvalue weighted by Crippen LogP contribution is -2.62. The monoisotopic (exact) mass is 408 g/mol. The Morgan fingerprint density at radius 1 is 1.24 bits per heavy atom. The highest BCUT2D eigenvalue weighted by molar-refractivity contribution is 9.10. The number of hydrogen-bond donors (Lipinski definition) is 2. The van der Waals surface area contributed by atoms with Crippen LogP contribution in [0.2, 0.25) is 0 Å². The minimum absolute atomic E-state index is 0.0392. The lowest BCUT2D eigenvalue weighted by atomic mass is 9.92. The maximum absolute atomic E-state index is 12.5. The zero-order chi connectivity index (χ0) is 18.0. The number of likely N-dealkylation sites (N-methyl/N-ethyl adjacent to an activating group) is 1. The minimum atomic E-state index is -0.410. The zero-order valence-electron chi connectivity index (χ0n) is 14.8. The number of piperidine rings is 1. The van der Waals surface area contributed by atoms with E-state index in [2.05, 4.69) is 31.5 Å². The van der Waals surface area contributed by atoms with Crippen LogP contribution >= 0.6 is 15.9 Å². The van der Waals surface area contributed by atoms with Crippen molar-refractivity contribution in [2.75, 3.05) is 38.0 Å². The number of amides is 2. The van der Waals surface area contributed by atoms with E-state index >= 15 is 0 Å². The van der Waals surface area contributed by atoms with E-state index in [1.54, 1.807) is 0 Å². The summed E-state index contributed by atoms with van der Waals surface area (Å²) in [6.07, 6.45) is 1.56. The van der Waals surface area contributed by atoms with Crippen molar-refractivity contribution in [3.63, 3.8) is 0 Å². The number of rotatable bonds is 4. The van der Waals surface area contributed by atoms with Gasteiger partial charge in [-0.3, -0.25) is 14.5 Å². The summed E-state index contributed by atoms with van der Waals surface area (Å²) >= 11 is 3.41. The molecule has 2 heterocycles. The fourth-order valence-corrected chi connectivity index (χ4v) is 3.96. The molecule has 1 saturated heterocycles. The number of hydrogen-bond acceptors (Lipinski definition) is 4.